The second-order valence-electron chi connectivity index (χ2n) is 10.3. The summed E-state index contributed by atoms with van der Waals surface area (Å²) in [6, 6.07) is 32.0. The van der Waals surface area contributed by atoms with Gasteiger partial charge in [-0.15, -0.1) is 0 Å². The van der Waals surface area contributed by atoms with Gasteiger partial charge in [-0.3, -0.25) is 14.9 Å². The minimum absolute atomic E-state index is 0.250. The molecule has 0 unspecified atom stereocenters. The maximum Gasteiger partial charge on any atom is 0.286 e. The van der Waals surface area contributed by atoms with Gasteiger partial charge in [-0.2, -0.15) is 0 Å². The Bertz CT molecular complexity index is 1720. The molecule has 4 aromatic carbocycles. The molecule has 1 fully saturated rings. The van der Waals surface area contributed by atoms with Crippen molar-refractivity contribution in [3.63, 3.8) is 0 Å². The average molecular weight is 564 g/mol. The molecule has 1 atom stereocenters. The number of fused-ring (bicyclic) bond motifs is 1. The van der Waals surface area contributed by atoms with Crippen molar-refractivity contribution in [3.05, 3.63) is 120 Å². The fraction of sp³-hybridized carbons (Fsp3) is 0.182. The van der Waals surface area contributed by atoms with Crippen LogP contribution in [0.5, 0.6) is 17.2 Å². The second-order valence-corrected chi connectivity index (χ2v) is 11.8. The number of amides is 2. The number of nitrogens with zero attached hydrogens (tertiary/aromatic N) is 2. The first-order valence-corrected chi connectivity index (χ1v) is 14.2. The molecule has 0 aliphatic carbocycles. The smallest absolute Gasteiger partial charge is 0.286 e. The van der Waals surface area contributed by atoms with Gasteiger partial charge < -0.3 is 14.0 Å². The summed E-state index contributed by atoms with van der Waals surface area (Å²) in [4.78, 5) is 28.5. The van der Waals surface area contributed by atoms with Gasteiger partial charge in [0.15, 0.2) is 0 Å². The van der Waals surface area contributed by atoms with Gasteiger partial charge in [0.25, 0.3) is 5.24 Å². The summed E-state index contributed by atoms with van der Waals surface area (Å²) in [5, 5.41) is 2.06. The third-order valence-corrected chi connectivity index (χ3v) is 8.27. The number of nitrogens with one attached hydrogen (secondary N) is 1. The molecule has 7 nitrogen and oxygen atoms in total. The molecular weight excluding hydrogens is 534 g/mol. The van der Waals surface area contributed by atoms with Crippen LogP contribution in [0.25, 0.3) is 11.0 Å². The van der Waals surface area contributed by atoms with Crippen LogP contribution in [0.4, 0.5) is 4.79 Å². The topological polar surface area (TPSA) is 82.5 Å². The van der Waals surface area contributed by atoms with E-state index >= 15 is 0 Å². The van der Waals surface area contributed by atoms with Crippen LogP contribution < -0.4 is 14.8 Å². The molecule has 2 heterocycles. The Morgan fingerprint density at radius 1 is 0.829 bits per heavy atom. The number of benzene rings is 4. The molecule has 1 aliphatic heterocycles. The normalized spacial score (nSPS) is 16.6. The molecule has 0 bridgehead atoms. The van der Waals surface area contributed by atoms with Crippen LogP contribution in [0.15, 0.2) is 97.1 Å². The molecule has 1 saturated heterocycles. The van der Waals surface area contributed by atoms with Crippen LogP contribution in [0, 0.1) is 0 Å². The van der Waals surface area contributed by atoms with Gasteiger partial charge in [-0.1, -0.05) is 54.6 Å². The standard InChI is InChI=1S/C33H29N3O4S/c1-33(31(37)35-32(38)41-33)20-24-10-12-25(13-11-24)39-21-30-34-28-17-16-27(19-29(28)36(30)2)40-26-14-8-23(9-15-26)18-22-6-4-3-5-7-22/h3-17,19H,18,20-21H2,1-2H3,(H,35,37,38)/t33-/m1/s1. The lowest BCUT2D eigenvalue weighted by molar-refractivity contribution is -0.121. The Morgan fingerprint density at radius 3 is 2.20 bits per heavy atom. The molecular formula is C33H29N3O4S. The highest BCUT2D eigenvalue weighted by Crippen LogP contribution is 2.35. The Kier molecular flexibility index (Phi) is 7.24. The van der Waals surface area contributed by atoms with Crippen molar-refractivity contribution in [2.75, 3.05) is 0 Å². The number of aromatic nitrogens is 2. The maximum atomic E-state index is 12.1. The first-order chi connectivity index (χ1) is 19.8. The van der Waals surface area contributed by atoms with Crippen molar-refractivity contribution < 1.29 is 19.1 Å². The summed E-state index contributed by atoms with van der Waals surface area (Å²) in [5.74, 6) is 2.76. The van der Waals surface area contributed by atoms with Crippen molar-refractivity contribution >= 4 is 33.9 Å². The molecule has 0 saturated carbocycles. The summed E-state index contributed by atoms with van der Waals surface area (Å²) in [5.41, 5.74) is 5.28. The lowest BCUT2D eigenvalue weighted by Gasteiger charge is -2.18. The largest absolute Gasteiger partial charge is 0.486 e. The molecule has 6 rings (SSSR count). The van der Waals surface area contributed by atoms with Gasteiger partial charge in [0.2, 0.25) is 5.91 Å². The molecule has 1 aromatic heterocycles. The summed E-state index contributed by atoms with van der Waals surface area (Å²) < 4.78 is 13.4. The molecule has 0 radical (unpaired) electrons. The predicted molar refractivity (Wildman–Crippen MR) is 160 cm³/mol. The number of hydrogen-bond acceptors (Lipinski definition) is 6. The zero-order valence-corrected chi connectivity index (χ0v) is 23.6. The molecule has 5 aromatic rings. The Balaban J connectivity index is 1.08. The number of imide groups is 1. The molecule has 8 heteroatoms. The van der Waals surface area contributed by atoms with E-state index in [0.29, 0.717) is 18.8 Å². The lowest BCUT2D eigenvalue weighted by Crippen LogP contribution is -2.35. The van der Waals surface area contributed by atoms with E-state index in [2.05, 4.69) is 41.7 Å². The summed E-state index contributed by atoms with van der Waals surface area (Å²) in [6.45, 7) is 2.08. The number of imidazole rings is 1. The van der Waals surface area contributed by atoms with E-state index in [1.165, 1.54) is 11.1 Å². The van der Waals surface area contributed by atoms with Gasteiger partial charge in [-0.25, -0.2) is 4.98 Å². The Morgan fingerprint density at radius 2 is 1.49 bits per heavy atom. The zero-order chi connectivity index (χ0) is 28.4. The van der Waals surface area contributed by atoms with E-state index < -0.39 is 4.75 Å². The second kappa shape index (κ2) is 11.1. The van der Waals surface area contributed by atoms with E-state index in [-0.39, 0.29) is 11.1 Å². The molecule has 41 heavy (non-hydrogen) atoms. The van der Waals surface area contributed by atoms with E-state index in [0.717, 1.165) is 52.1 Å². The highest BCUT2D eigenvalue weighted by atomic mass is 32.2. The third kappa shape index (κ3) is 5.98. The van der Waals surface area contributed by atoms with Gasteiger partial charge in [0.05, 0.1) is 11.0 Å². The van der Waals surface area contributed by atoms with Crippen LogP contribution in [0.1, 0.15) is 29.4 Å². The molecule has 1 aliphatic rings. The highest BCUT2D eigenvalue weighted by molar-refractivity contribution is 8.16. The van der Waals surface area contributed by atoms with Crippen LogP contribution in [-0.2, 0) is 31.3 Å². The number of aryl methyl sites for hydroxylation is 1. The zero-order valence-electron chi connectivity index (χ0n) is 22.8. The number of rotatable bonds is 9. The van der Waals surface area contributed by atoms with E-state index in [9.17, 15) is 9.59 Å². The molecule has 206 valence electrons. The van der Waals surface area contributed by atoms with Crippen LogP contribution in [0.2, 0.25) is 0 Å². The first-order valence-electron chi connectivity index (χ1n) is 13.4. The first kappa shape index (κ1) is 26.7. The number of ether oxygens (including phenoxy) is 2. The monoisotopic (exact) mass is 563 g/mol. The average Bonchev–Trinajstić information content (AvgIpc) is 3.42. The van der Waals surface area contributed by atoms with Gasteiger partial charge in [0, 0.05) is 13.1 Å². The van der Waals surface area contributed by atoms with Crippen LogP contribution >= 0.6 is 11.8 Å². The quantitative estimate of drug-likeness (QED) is 0.212. The SMILES string of the molecule is Cn1c(COc2ccc(C[C@@]3(C)SC(=O)NC3=O)cc2)nc2ccc(Oc3ccc(Cc4ccccc4)cc3)cc21. The van der Waals surface area contributed by atoms with Crippen molar-refractivity contribution in [3.8, 4) is 17.2 Å². The molecule has 2 amide bonds. The number of carbonyl (C=O) groups excluding carboxylic acids is 2. The number of carbonyl (C=O) groups is 2. The van der Waals surface area contributed by atoms with Crippen LogP contribution in [0.3, 0.4) is 0 Å². The van der Waals surface area contributed by atoms with Crippen LogP contribution in [-0.4, -0.2) is 25.4 Å². The summed E-state index contributed by atoms with van der Waals surface area (Å²) in [6.07, 6.45) is 1.35. The highest BCUT2D eigenvalue weighted by Gasteiger charge is 2.43. The fourth-order valence-electron chi connectivity index (χ4n) is 4.91. The molecule has 1 N–H and O–H groups in total. The minimum Gasteiger partial charge on any atom is -0.486 e. The predicted octanol–water partition coefficient (Wildman–Crippen LogP) is 6.82. The maximum absolute atomic E-state index is 12.1. The number of thioether (sulfide) groups is 1. The van der Waals surface area contributed by atoms with Crippen molar-refractivity contribution in [2.45, 2.75) is 31.1 Å². The van der Waals surface area contributed by atoms with E-state index in [1.807, 2.05) is 72.3 Å². The number of hydrogen-bond donors (Lipinski definition) is 1. The van der Waals surface area contributed by atoms with Gasteiger partial charge in [0.1, 0.15) is 34.4 Å². The fourth-order valence-corrected chi connectivity index (χ4v) is 5.85. The summed E-state index contributed by atoms with van der Waals surface area (Å²) in [7, 11) is 1.96. The minimum atomic E-state index is -0.791. The Hall–Kier alpha value is -4.56. The summed E-state index contributed by atoms with van der Waals surface area (Å²) >= 11 is 1.04. The van der Waals surface area contributed by atoms with Gasteiger partial charge >= 0.3 is 0 Å². The van der Waals surface area contributed by atoms with E-state index in [4.69, 9.17) is 14.5 Å². The van der Waals surface area contributed by atoms with E-state index in [1.54, 1.807) is 6.92 Å². The molecule has 0 spiro atoms. The lowest BCUT2D eigenvalue weighted by atomic mass is 9.99. The Labute approximate surface area is 242 Å². The van der Waals surface area contributed by atoms with Crippen molar-refractivity contribution in [1.82, 2.24) is 14.9 Å². The third-order valence-electron chi connectivity index (χ3n) is 7.20. The van der Waals surface area contributed by atoms with Crippen molar-refractivity contribution in [2.24, 2.45) is 7.05 Å². The van der Waals surface area contributed by atoms with Crippen molar-refractivity contribution in [1.29, 1.82) is 0 Å². The van der Waals surface area contributed by atoms with Gasteiger partial charge in [-0.05, 0) is 84.6 Å².